The van der Waals surface area contributed by atoms with E-state index >= 15 is 0 Å². The Hall–Kier alpha value is -0.930. The standard InChI is InChI=1S/C12H13ClO2S/c1-8(2)5-6-16-9-3-4-11(13)10(7-9)12(14)15/h3-4,7H,1,5-6H2,2H3,(H,14,15). The van der Waals surface area contributed by atoms with Crippen LogP contribution in [0.2, 0.25) is 5.02 Å². The topological polar surface area (TPSA) is 37.3 Å². The van der Waals surface area contributed by atoms with Gasteiger partial charge in [-0.25, -0.2) is 4.79 Å². The highest BCUT2D eigenvalue weighted by molar-refractivity contribution is 7.99. The van der Waals surface area contributed by atoms with Gasteiger partial charge in [-0.1, -0.05) is 17.2 Å². The Morgan fingerprint density at radius 3 is 2.81 bits per heavy atom. The van der Waals surface area contributed by atoms with Gasteiger partial charge >= 0.3 is 5.97 Å². The van der Waals surface area contributed by atoms with Crippen molar-refractivity contribution in [3.05, 3.63) is 40.9 Å². The summed E-state index contributed by atoms with van der Waals surface area (Å²) in [5.41, 5.74) is 1.28. The Bertz CT molecular complexity index is 415. The van der Waals surface area contributed by atoms with Gasteiger partial charge in [0.2, 0.25) is 0 Å². The summed E-state index contributed by atoms with van der Waals surface area (Å²) >= 11 is 7.38. The Labute approximate surface area is 104 Å². The third-order valence-electron chi connectivity index (χ3n) is 1.97. The molecule has 0 saturated heterocycles. The van der Waals surface area contributed by atoms with Gasteiger partial charge in [-0.05, 0) is 31.5 Å². The fourth-order valence-corrected chi connectivity index (χ4v) is 2.35. The molecule has 16 heavy (non-hydrogen) atoms. The molecular formula is C12H13ClO2S. The minimum absolute atomic E-state index is 0.155. The summed E-state index contributed by atoms with van der Waals surface area (Å²) in [5.74, 6) is -0.0944. The summed E-state index contributed by atoms with van der Waals surface area (Å²) in [6.45, 7) is 5.79. The number of allylic oxidation sites excluding steroid dienone is 1. The highest BCUT2D eigenvalue weighted by Crippen LogP contribution is 2.25. The van der Waals surface area contributed by atoms with Crippen LogP contribution in [0, 0.1) is 0 Å². The second-order valence-electron chi connectivity index (χ2n) is 3.50. The van der Waals surface area contributed by atoms with Gasteiger partial charge in [0, 0.05) is 10.6 Å². The van der Waals surface area contributed by atoms with Gasteiger partial charge in [-0.3, -0.25) is 0 Å². The van der Waals surface area contributed by atoms with Crippen molar-refractivity contribution in [2.24, 2.45) is 0 Å². The van der Waals surface area contributed by atoms with E-state index in [0.717, 1.165) is 22.6 Å². The van der Waals surface area contributed by atoms with Gasteiger partial charge in [0.05, 0.1) is 10.6 Å². The summed E-state index contributed by atoms with van der Waals surface area (Å²) in [4.78, 5) is 11.8. The van der Waals surface area contributed by atoms with Crippen molar-refractivity contribution < 1.29 is 9.90 Å². The summed E-state index contributed by atoms with van der Waals surface area (Å²) < 4.78 is 0. The van der Waals surface area contributed by atoms with E-state index in [1.165, 1.54) is 0 Å². The lowest BCUT2D eigenvalue weighted by atomic mass is 10.2. The first-order chi connectivity index (χ1) is 7.50. The average Bonchev–Trinajstić information content (AvgIpc) is 2.19. The average molecular weight is 257 g/mol. The highest BCUT2D eigenvalue weighted by Gasteiger charge is 2.09. The van der Waals surface area contributed by atoms with Gasteiger partial charge < -0.3 is 5.11 Å². The van der Waals surface area contributed by atoms with Crippen LogP contribution in [0.5, 0.6) is 0 Å². The highest BCUT2D eigenvalue weighted by atomic mass is 35.5. The summed E-state index contributed by atoms with van der Waals surface area (Å²) in [7, 11) is 0. The number of aromatic carboxylic acids is 1. The lowest BCUT2D eigenvalue weighted by Crippen LogP contribution is -1.97. The Balaban J connectivity index is 2.71. The maximum absolute atomic E-state index is 10.8. The maximum atomic E-state index is 10.8. The molecule has 4 heteroatoms. The molecule has 1 aromatic carbocycles. The molecule has 1 rings (SSSR count). The third kappa shape index (κ3) is 3.91. The van der Waals surface area contributed by atoms with Crippen LogP contribution in [-0.4, -0.2) is 16.8 Å². The first-order valence-corrected chi connectivity index (χ1v) is 6.17. The van der Waals surface area contributed by atoms with Crippen molar-refractivity contribution in [2.75, 3.05) is 5.75 Å². The molecule has 0 unspecified atom stereocenters. The Kier molecular flexibility index (Phi) is 4.90. The van der Waals surface area contributed by atoms with Crippen molar-refractivity contribution in [3.63, 3.8) is 0 Å². The SMILES string of the molecule is C=C(C)CCSc1ccc(Cl)c(C(=O)O)c1. The predicted molar refractivity (Wildman–Crippen MR) is 68.6 cm³/mol. The molecule has 0 atom stereocenters. The normalized spacial score (nSPS) is 10.1. The van der Waals surface area contributed by atoms with Gasteiger partial charge in [-0.15, -0.1) is 18.3 Å². The zero-order valence-electron chi connectivity index (χ0n) is 9.00. The van der Waals surface area contributed by atoms with E-state index in [0.29, 0.717) is 0 Å². The zero-order chi connectivity index (χ0) is 12.1. The third-order valence-corrected chi connectivity index (χ3v) is 3.29. The summed E-state index contributed by atoms with van der Waals surface area (Å²) in [6.07, 6.45) is 0.926. The fraction of sp³-hybridized carbons (Fsp3) is 0.250. The van der Waals surface area contributed by atoms with Crippen LogP contribution < -0.4 is 0 Å². The number of halogens is 1. The first-order valence-electron chi connectivity index (χ1n) is 4.80. The second-order valence-corrected chi connectivity index (χ2v) is 5.08. The lowest BCUT2D eigenvalue weighted by molar-refractivity contribution is 0.0697. The quantitative estimate of drug-likeness (QED) is 0.637. The van der Waals surface area contributed by atoms with Gasteiger partial charge in [0.1, 0.15) is 0 Å². The minimum atomic E-state index is -0.993. The molecule has 0 amide bonds. The molecule has 1 N–H and O–H groups in total. The smallest absolute Gasteiger partial charge is 0.337 e. The van der Waals surface area contributed by atoms with Crippen LogP contribution in [0.1, 0.15) is 23.7 Å². The van der Waals surface area contributed by atoms with Crippen LogP contribution in [-0.2, 0) is 0 Å². The van der Waals surface area contributed by atoms with Crippen molar-refractivity contribution in [1.82, 2.24) is 0 Å². The molecule has 0 aliphatic carbocycles. The molecule has 0 saturated carbocycles. The predicted octanol–water partition coefficient (Wildman–Crippen LogP) is 4.10. The lowest BCUT2D eigenvalue weighted by Gasteiger charge is -2.04. The number of thioether (sulfide) groups is 1. The number of carboxylic acid groups (broad SMARTS) is 1. The summed E-state index contributed by atoms with van der Waals surface area (Å²) in [6, 6.07) is 5.06. The van der Waals surface area contributed by atoms with Crippen molar-refractivity contribution in [2.45, 2.75) is 18.2 Å². The van der Waals surface area contributed by atoms with Crippen LogP contribution in [0.25, 0.3) is 0 Å². The van der Waals surface area contributed by atoms with E-state index in [4.69, 9.17) is 16.7 Å². The monoisotopic (exact) mass is 256 g/mol. The van der Waals surface area contributed by atoms with Crippen molar-refractivity contribution in [1.29, 1.82) is 0 Å². The van der Waals surface area contributed by atoms with E-state index in [1.54, 1.807) is 23.9 Å². The Morgan fingerprint density at radius 2 is 2.25 bits per heavy atom. The molecule has 0 bridgehead atoms. The van der Waals surface area contributed by atoms with Crippen LogP contribution in [0.4, 0.5) is 0 Å². The van der Waals surface area contributed by atoms with E-state index in [2.05, 4.69) is 6.58 Å². The van der Waals surface area contributed by atoms with E-state index < -0.39 is 5.97 Å². The molecule has 86 valence electrons. The van der Waals surface area contributed by atoms with E-state index in [1.807, 2.05) is 13.0 Å². The molecule has 2 nitrogen and oxygen atoms in total. The Morgan fingerprint density at radius 1 is 1.56 bits per heavy atom. The minimum Gasteiger partial charge on any atom is -0.478 e. The van der Waals surface area contributed by atoms with E-state index in [9.17, 15) is 4.79 Å². The fourth-order valence-electron chi connectivity index (χ4n) is 1.10. The van der Waals surface area contributed by atoms with Gasteiger partial charge in [-0.2, -0.15) is 0 Å². The van der Waals surface area contributed by atoms with Crippen molar-refractivity contribution >= 4 is 29.3 Å². The molecule has 0 aliphatic heterocycles. The van der Waals surface area contributed by atoms with Gasteiger partial charge in [0.25, 0.3) is 0 Å². The second kappa shape index (κ2) is 5.97. The number of benzene rings is 1. The number of hydrogen-bond donors (Lipinski definition) is 1. The number of carboxylic acids is 1. The van der Waals surface area contributed by atoms with Crippen molar-refractivity contribution in [3.8, 4) is 0 Å². The molecule has 0 spiro atoms. The molecule has 0 fully saturated rings. The molecule has 0 radical (unpaired) electrons. The number of rotatable bonds is 5. The largest absolute Gasteiger partial charge is 0.478 e. The molecule has 0 aliphatic rings. The molecular weight excluding hydrogens is 244 g/mol. The zero-order valence-corrected chi connectivity index (χ0v) is 10.6. The maximum Gasteiger partial charge on any atom is 0.337 e. The summed E-state index contributed by atoms with van der Waals surface area (Å²) in [5, 5.41) is 9.17. The first kappa shape index (κ1) is 13.1. The molecule has 0 heterocycles. The van der Waals surface area contributed by atoms with Crippen LogP contribution >= 0.6 is 23.4 Å². The van der Waals surface area contributed by atoms with Crippen LogP contribution in [0.3, 0.4) is 0 Å². The van der Waals surface area contributed by atoms with E-state index in [-0.39, 0.29) is 10.6 Å². The molecule has 1 aromatic rings. The molecule has 0 aromatic heterocycles. The van der Waals surface area contributed by atoms with Gasteiger partial charge in [0.15, 0.2) is 0 Å². The van der Waals surface area contributed by atoms with Crippen LogP contribution in [0.15, 0.2) is 35.2 Å². The number of hydrogen-bond acceptors (Lipinski definition) is 2. The number of carbonyl (C=O) groups is 1.